The van der Waals surface area contributed by atoms with Gasteiger partial charge in [0.05, 0.1) is 5.92 Å². The number of piperidine rings is 1. The summed E-state index contributed by atoms with van der Waals surface area (Å²) in [6.45, 7) is 0.536. The number of rotatable bonds is 2. The number of hydrogen-bond donors (Lipinski definition) is 2. The summed E-state index contributed by atoms with van der Waals surface area (Å²) < 4.78 is 0. The van der Waals surface area contributed by atoms with Gasteiger partial charge in [-0.25, -0.2) is 0 Å². The van der Waals surface area contributed by atoms with E-state index in [1.54, 1.807) is 11.9 Å². The van der Waals surface area contributed by atoms with E-state index in [-0.39, 0.29) is 6.42 Å². The summed E-state index contributed by atoms with van der Waals surface area (Å²) in [4.78, 5) is 23.0. The highest BCUT2D eigenvalue weighted by atomic mass is 16.4. The van der Waals surface area contributed by atoms with E-state index in [9.17, 15) is 9.59 Å². The van der Waals surface area contributed by atoms with E-state index in [0.29, 0.717) is 13.0 Å². The van der Waals surface area contributed by atoms with Crippen LogP contribution >= 0.6 is 0 Å². The molecule has 0 unspecified atom stereocenters. The summed E-state index contributed by atoms with van der Waals surface area (Å²) in [5.74, 6) is -2.33. The van der Waals surface area contributed by atoms with Crippen LogP contribution in [0.3, 0.4) is 0 Å². The molecule has 0 spiro atoms. The van der Waals surface area contributed by atoms with E-state index < -0.39 is 23.9 Å². The highest BCUT2D eigenvalue weighted by Crippen LogP contribution is 2.21. The minimum atomic E-state index is -0.937. The van der Waals surface area contributed by atoms with Gasteiger partial charge < -0.3 is 10.2 Å². The van der Waals surface area contributed by atoms with Crippen molar-refractivity contribution < 1.29 is 19.8 Å². The number of aliphatic carboxylic acids is 2. The maximum atomic E-state index is 10.7. The second-order valence-corrected chi connectivity index (χ2v) is 3.39. The quantitative estimate of drug-likeness (QED) is 0.629. The van der Waals surface area contributed by atoms with Crippen LogP contribution in [-0.2, 0) is 9.59 Å². The van der Waals surface area contributed by atoms with E-state index in [0.717, 1.165) is 0 Å². The van der Waals surface area contributed by atoms with E-state index in [1.807, 2.05) is 0 Å². The molecule has 0 amide bonds. The summed E-state index contributed by atoms with van der Waals surface area (Å²) in [6, 6.07) is -0.644. The minimum Gasteiger partial charge on any atom is -0.481 e. The highest BCUT2D eigenvalue weighted by Gasteiger charge is 2.34. The Bertz CT molecular complexity index is 228. The van der Waals surface area contributed by atoms with Crippen LogP contribution in [0, 0.1) is 5.92 Å². The lowest BCUT2D eigenvalue weighted by molar-refractivity contribution is -0.149. The number of likely N-dealkylation sites (N-methyl/N-ethyl adjacent to an activating group) is 1. The number of carbonyl (C=O) groups is 2. The average molecular weight is 187 g/mol. The first-order valence-electron chi connectivity index (χ1n) is 4.18. The second kappa shape index (κ2) is 3.74. The first kappa shape index (κ1) is 9.98. The van der Waals surface area contributed by atoms with E-state index in [2.05, 4.69) is 0 Å². The Labute approximate surface area is 76.0 Å². The van der Waals surface area contributed by atoms with Crippen LogP contribution in [0.15, 0.2) is 0 Å². The van der Waals surface area contributed by atoms with Crippen molar-refractivity contribution in [2.75, 3.05) is 13.6 Å². The van der Waals surface area contributed by atoms with Gasteiger partial charge in [-0.2, -0.15) is 0 Å². The van der Waals surface area contributed by atoms with Gasteiger partial charge in [0.15, 0.2) is 0 Å². The molecule has 74 valence electrons. The Morgan fingerprint density at radius 1 is 1.31 bits per heavy atom. The van der Waals surface area contributed by atoms with Gasteiger partial charge in [0.1, 0.15) is 6.04 Å². The lowest BCUT2D eigenvalue weighted by Gasteiger charge is -2.32. The Kier molecular flexibility index (Phi) is 2.87. The molecule has 1 saturated heterocycles. The van der Waals surface area contributed by atoms with Crippen LogP contribution in [-0.4, -0.2) is 46.7 Å². The van der Waals surface area contributed by atoms with Gasteiger partial charge in [-0.3, -0.25) is 14.5 Å². The van der Waals surface area contributed by atoms with Crippen molar-refractivity contribution in [2.45, 2.75) is 18.9 Å². The van der Waals surface area contributed by atoms with Gasteiger partial charge in [0.2, 0.25) is 0 Å². The predicted molar refractivity (Wildman–Crippen MR) is 44.4 cm³/mol. The molecule has 1 fully saturated rings. The Balaban J connectivity index is 2.63. The zero-order chi connectivity index (χ0) is 10.0. The standard InChI is InChI=1S/C8H13NO4/c1-9-3-2-5(7(10)11)4-6(9)8(12)13/h5-6H,2-4H2,1H3,(H,10,11)(H,12,13)/t5-,6-/m1/s1. The molecule has 0 saturated carbocycles. The first-order valence-corrected chi connectivity index (χ1v) is 4.18. The summed E-state index contributed by atoms with van der Waals surface area (Å²) in [5, 5.41) is 17.5. The third-order valence-electron chi connectivity index (χ3n) is 2.50. The smallest absolute Gasteiger partial charge is 0.320 e. The molecule has 13 heavy (non-hydrogen) atoms. The van der Waals surface area contributed by atoms with Crippen molar-refractivity contribution >= 4 is 11.9 Å². The predicted octanol–water partition coefficient (Wildman–Crippen LogP) is -0.134. The highest BCUT2D eigenvalue weighted by molar-refractivity contribution is 5.76. The van der Waals surface area contributed by atoms with Crippen LogP contribution in [0.1, 0.15) is 12.8 Å². The van der Waals surface area contributed by atoms with Crippen LogP contribution < -0.4 is 0 Å². The number of carboxylic acid groups (broad SMARTS) is 2. The number of carboxylic acids is 2. The summed E-state index contributed by atoms with van der Waals surface area (Å²) in [6.07, 6.45) is 0.747. The minimum absolute atomic E-state index is 0.209. The van der Waals surface area contributed by atoms with Gasteiger partial charge in [0.25, 0.3) is 0 Å². The normalized spacial score (nSPS) is 29.9. The molecule has 0 aromatic carbocycles. The lowest BCUT2D eigenvalue weighted by atomic mass is 9.91. The Morgan fingerprint density at radius 2 is 1.92 bits per heavy atom. The molecule has 0 aromatic rings. The van der Waals surface area contributed by atoms with Crippen LogP contribution in [0.25, 0.3) is 0 Å². The maximum absolute atomic E-state index is 10.7. The fourth-order valence-corrected chi connectivity index (χ4v) is 1.60. The number of hydrogen-bond acceptors (Lipinski definition) is 3. The molecule has 0 aliphatic carbocycles. The zero-order valence-electron chi connectivity index (χ0n) is 7.43. The fourth-order valence-electron chi connectivity index (χ4n) is 1.60. The molecule has 5 heteroatoms. The fraction of sp³-hybridized carbons (Fsp3) is 0.750. The third-order valence-corrected chi connectivity index (χ3v) is 2.50. The molecular formula is C8H13NO4. The molecule has 1 aliphatic heterocycles. The third kappa shape index (κ3) is 2.18. The molecule has 0 bridgehead atoms. The van der Waals surface area contributed by atoms with Gasteiger partial charge in [-0.15, -0.1) is 0 Å². The van der Waals surface area contributed by atoms with Crippen LogP contribution in [0.5, 0.6) is 0 Å². The molecule has 1 heterocycles. The molecule has 0 aromatic heterocycles. The second-order valence-electron chi connectivity index (χ2n) is 3.39. The summed E-state index contributed by atoms with van der Waals surface area (Å²) in [5.41, 5.74) is 0. The number of likely N-dealkylation sites (tertiary alicyclic amines) is 1. The largest absolute Gasteiger partial charge is 0.481 e. The molecule has 2 atom stereocenters. The van der Waals surface area contributed by atoms with E-state index >= 15 is 0 Å². The van der Waals surface area contributed by atoms with Crippen molar-refractivity contribution in [3.05, 3.63) is 0 Å². The van der Waals surface area contributed by atoms with Crippen molar-refractivity contribution in [1.29, 1.82) is 0 Å². The molecule has 1 rings (SSSR count). The zero-order valence-corrected chi connectivity index (χ0v) is 7.43. The monoisotopic (exact) mass is 187 g/mol. The summed E-state index contributed by atoms with van der Waals surface area (Å²) >= 11 is 0. The molecular weight excluding hydrogens is 174 g/mol. The molecule has 5 nitrogen and oxygen atoms in total. The van der Waals surface area contributed by atoms with E-state index in [1.165, 1.54) is 0 Å². The lowest BCUT2D eigenvalue weighted by Crippen LogP contribution is -2.46. The van der Waals surface area contributed by atoms with Gasteiger partial charge in [-0.05, 0) is 26.4 Å². The molecule has 0 radical (unpaired) electrons. The van der Waals surface area contributed by atoms with Crippen LogP contribution in [0.4, 0.5) is 0 Å². The van der Waals surface area contributed by atoms with Crippen molar-refractivity contribution in [1.82, 2.24) is 4.90 Å². The maximum Gasteiger partial charge on any atom is 0.320 e. The molecule has 2 N–H and O–H groups in total. The van der Waals surface area contributed by atoms with Crippen LogP contribution in [0.2, 0.25) is 0 Å². The topological polar surface area (TPSA) is 77.8 Å². The van der Waals surface area contributed by atoms with Crippen molar-refractivity contribution in [3.63, 3.8) is 0 Å². The van der Waals surface area contributed by atoms with Gasteiger partial charge in [-0.1, -0.05) is 0 Å². The SMILES string of the molecule is CN1CC[C@@H](C(=O)O)C[C@@H]1C(=O)O. The average Bonchev–Trinajstić information content (AvgIpc) is 2.04. The van der Waals surface area contributed by atoms with E-state index in [4.69, 9.17) is 10.2 Å². The first-order chi connectivity index (χ1) is 6.02. The van der Waals surface area contributed by atoms with Crippen molar-refractivity contribution in [3.8, 4) is 0 Å². The Morgan fingerprint density at radius 3 is 2.38 bits per heavy atom. The van der Waals surface area contributed by atoms with Crippen molar-refractivity contribution in [2.24, 2.45) is 5.92 Å². The summed E-state index contributed by atoms with van der Waals surface area (Å²) in [7, 11) is 1.71. The molecule has 1 aliphatic rings. The Hall–Kier alpha value is -1.10. The number of nitrogens with zero attached hydrogens (tertiary/aromatic N) is 1. The van der Waals surface area contributed by atoms with Gasteiger partial charge in [0, 0.05) is 0 Å². The van der Waals surface area contributed by atoms with Gasteiger partial charge >= 0.3 is 11.9 Å².